The molecular formula is C16H17NO3. The lowest BCUT2D eigenvalue weighted by molar-refractivity contribution is 0.171. The summed E-state index contributed by atoms with van der Waals surface area (Å²) in [4.78, 5) is 0. The van der Waals surface area contributed by atoms with Gasteiger partial charge in [-0.25, -0.2) is 0 Å². The lowest BCUT2D eigenvalue weighted by Crippen LogP contribution is -2.29. The van der Waals surface area contributed by atoms with Crippen LogP contribution >= 0.6 is 0 Å². The number of nitrogens with two attached hydrogens (primary N) is 1. The summed E-state index contributed by atoms with van der Waals surface area (Å²) in [6.45, 7) is 2.19. The molecule has 0 aromatic heterocycles. The highest BCUT2D eigenvalue weighted by Gasteiger charge is 2.20. The second-order valence-electron chi connectivity index (χ2n) is 4.82. The predicted octanol–water partition coefficient (Wildman–Crippen LogP) is 2.88. The predicted molar refractivity (Wildman–Crippen MR) is 76.0 cm³/mol. The first-order valence-corrected chi connectivity index (χ1v) is 6.61. The first-order chi connectivity index (χ1) is 9.74. The largest absolute Gasteiger partial charge is 0.484 e. The van der Waals surface area contributed by atoms with Crippen molar-refractivity contribution >= 4 is 0 Å². The Kier molecular flexibility index (Phi) is 3.48. The number of fused-ring (bicyclic) bond motifs is 1. The summed E-state index contributed by atoms with van der Waals surface area (Å²) in [5.41, 5.74) is 7.10. The van der Waals surface area contributed by atoms with E-state index in [1.54, 1.807) is 0 Å². The van der Waals surface area contributed by atoms with Gasteiger partial charge in [0.05, 0.1) is 0 Å². The summed E-state index contributed by atoms with van der Waals surface area (Å²) in [5.74, 6) is 2.17. The van der Waals surface area contributed by atoms with E-state index in [0.717, 1.165) is 17.1 Å². The minimum absolute atomic E-state index is 0.122. The summed E-state index contributed by atoms with van der Waals surface area (Å²) in [6.07, 6.45) is -0.198. The molecule has 1 heterocycles. The average Bonchev–Trinajstić information content (AvgIpc) is 2.93. The van der Waals surface area contributed by atoms with Crippen molar-refractivity contribution in [1.82, 2.24) is 0 Å². The van der Waals surface area contributed by atoms with Crippen LogP contribution < -0.4 is 19.9 Å². The molecule has 0 bridgehead atoms. The maximum atomic E-state index is 6.05. The van der Waals surface area contributed by atoms with E-state index in [4.69, 9.17) is 19.9 Å². The van der Waals surface area contributed by atoms with Crippen LogP contribution in [-0.2, 0) is 0 Å². The summed E-state index contributed by atoms with van der Waals surface area (Å²) >= 11 is 0. The third-order valence-corrected chi connectivity index (χ3v) is 3.21. The van der Waals surface area contributed by atoms with E-state index in [-0.39, 0.29) is 18.9 Å². The van der Waals surface area contributed by atoms with Gasteiger partial charge in [0.2, 0.25) is 6.79 Å². The summed E-state index contributed by atoms with van der Waals surface area (Å²) in [7, 11) is 0. The Morgan fingerprint density at radius 2 is 1.80 bits per heavy atom. The van der Waals surface area contributed by atoms with E-state index < -0.39 is 0 Å². The van der Waals surface area contributed by atoms with E-state index in [9.17, 15) is 0 Å². The Labute approximate surface area is 118 Å². The molecule has 4 heteroatoms. The molecule has 2 atom stereocenters. The summed E-state index contributed by atoms with van der Waals surface area (Å²) in [5, 5.41) is 0. The molecule has 2 aromatic carbocycles. The van der Waals surface area contributed by atoms with Gasteiger partial charge in [-0.1, -0.05) is 30.3 Å². The molecule has 0 saturated carbocycles. The minimum Gasteiger partial charge on any atom is -0.484 e. The molecule has 0 spiro atoms. The van der Waals surface area contributed by atoms with Gasteiger partial charge in [0.25, 0.3) is 0 Å². The van der Waals surface area contributed by atoms with E-state index in [2.05, 4.69) is 0 Å². The molecule has 2 aromatic rings. The monoisotopic (exact) mass is 271 g/mol. The van der Waals surface area contributed by atoms with E-state index >= 15 is 0 Å². The average molecular weight is 271 g/mol. The van der Waals surface area contributed by atoms with E-state index in [0.29, 0.717) is 5.75 Å². The topological polar surface area (TPSA) is 53.7 Å². The lowest BCUT2D eigenvalue weighted by Gasteiger charge is -2.23. The van der Waals surface area contributed by atoms with Crippen LogP contribution in [0.15, 0.2) is 48.5 Å². The van der Waals surface area contributed by atoms with Crippen molar-refractivity contribution in [2.24, 2.45) is 5.73 Å². The second kappa shape index (κ2) is 5.43. The van der Waals surface area contributed by atoms with Crippen molar-refractivity contribution in [2.75, 3.05) is 6.79 Å². The maximum Gasteiger partial charge on any atom is 0.231 e. The van der Waals surface area contributed by atoms with Crippen LogP contribution in [-0.4, -0.2) is 12.8 Å². The molecule has 1 aliphatic heterocycles. The molecule has 3 rings (SSSR count). The fourth-order valence-electron chi connectivity index (χ4n) is 2.22. The van der Waals surface area contributed by atoms with Crippen LogP contribution in [0.3, 0.4) is 0 Å². The van der Waals surface area contributed by atoms with Gasteiger partial charge in [0.15, 0.2) is 11.5 Å². The van der Waals surface area contributed by atoms with Crippen LogP contribution in [0.1, 0.15) is 18.6 Å². The number of ether oxygens (including phenoxy) is 3. The van der Waals surface area contributed by atoms with Crippen molar-refractivity contribution in [3.63, 3.8) is 0 Å². The van der Waals surface area contributed by atoms with Crippen LogP contribution in [0.25, 0.3) is 0 Å². The number of benzene rings is 2. The number of hydrogen-bond acceptors (Lipinski definition) is 4. The Hall–Kier alpha value is -2.20. The van der Waals surface area contributed by atoms with Gasteiger partial charge < -0.3 is 19.9 Å². The first-order valence-electron chi connectivity index (χ1n) is 6.61. The van der Waals surface area contributed by atoms with E-state index in [1.165, 1.54) is 0 Å². The van der Waals surface area contributed by atoms with Crippen molar-refractivity contribution in [1.29, 1.82) is 0 Å². The standard InChI is InChI=1S/C16H17NO3/c1-11(17)16(12-5-3-2-4-6-12)20-13-7-8-14-15(9-13)19-10-18-14/h2-9,11,16H,10,17H2,1H3. The zero-order valence-corrected chi connectivity index (χ0v) is 11.3. The SMILES string of the molecule is CC(N)C(Oc1ccc2c(c1)OCO2)c1ccccc1. The Morgan fingerprint density at radius 3 is 2.55 bits per heavy atom. The number of hydrogen-bond donors (Lipinski definition) is 1. The molecule has 0 fully saturated rings. The van der Waals surface area contributed by atoms with Crippen molar-refractivity contribution in [2.45, 2.75) is 19.1 Å². The molecule has 1 aliphatic rings. The van der Waals surface area contributed by atoms with Crippen molar-refractivity contribution in [3.8, 4) is 17.2 Å². The van der Waals surface area contributed by atoms with Crippen LogP contribution in [0, 0.1) is 0 Å². The molecule has 0 amide bonds. The molecule has 20 heavy (non-hydrogen) atoms. The minimum atomic E-state index is -0.198. The first kappa shape index (κ1) is 12.8. The van der Waals surface area contributed by atoms with Crippen molar-refractivity contribution < 1.29 is 14.2 Å². The number of rotatable bonds is 4. The molecule has 0 saturated heterocycles. The van der Waals surface area contributed by atoms with Gasteiger partial charge in [0.1, 0.15) is 11.9 Å². The summed E-state index contributed by atoms with van der Waals surface area (Å²) < 4.78 is 16.7. The Bertz CT molecular complexity index is 584. The smallest absolute Gasteiger partial charge is 0.231 e. The highest BCUT2D eigenvalue weighted by atomic mass is 16.7. The highest BCUT2D eigenvalue weighted by molar-refractivity contribution is 5.47. The third-order valence-electron chi connectivity index (χ3n) is 3.21. The zero-order chi connectivity index (χ0) is 13.9. The van der Waals surface area contributed by atoms with Crippen LogP contribution in [0.2, 0.25) is 0 Å². The normalized spacial score (nSPS) is 15.7. The van der Waals surface area contributed by atoms with E-state index in [1.807, 2.05) is 55.5 Å². The summed E-state index contributed by atoms with van der Waals surface area (Å²) in [6, 6.07) is 15.4. The van der Waals surface area contributed by atoms with Gasteiger partial charge in [-0.05, 0) is 24.6 Å². The van der Waals surface area contributed by atoms with Gasteiger partial charge in [-0.2, -0.15) is 0 Å². The van der Waals surface area contributed by atoms with Crippen LogP contribution in [0.4, 0.5) is 0 Å². The fourth-order valence-corrected chi connectivity index (χ4v) is 2.22. The lowest BCUT2D eigenvalue weighted by atomic mass is 10.0. The van der Waals surface area contributed by atoms with Crippen LogP contribution in [0.5, 0.6) is 17.2 Å². The highest BCUT2D eigenvalue weighted by Crippen LogP contribution is 2.36. The third kappa shape index (κ3) is 2.56. The quantitative estimate of drug-likeness (QED) is 0.929. The van der Waals surface area contributed by atoms with Gasteiger partial charge >= 0.3 is 0 Å². The fraction of sp³-hybridized carbons (Fsp3) is 0.250. The Balaban J connectivity index is 1.84. The zero-order valence-electron chi connectivity index (χ0n) is 11.3. The molecule has 0 aliphatic carbocycles. The molecule has 4 nitrogen and oxygen atoms in total. The molecular weight excluding hydrogens is 254 g/mol. The van der Waals surface area contributed by atoms with Gasteiger partial charge in [0, 0.05) is 12.1 Å². The molecule has 104 valence electrons. The van der Waals surface area contributed by atoms with Gasteiger partial charge in [-0.15, -0.1) is 0 Å². The van der Waals surface area contributed by atoms with Gasteiger partial charge in [-0.3, -0.25) is 0 Å². The molecule has 0 radical (unpaired) electrons. The Morgan fingerprint density at radius 1 is 1.05 bits per heavy atom. The molecule has 2 N–H and O–H groups in total. The van der Waals surface area contributed by atoms with Crippen molar-refractivity contribution in [3.05, 3.63) is 54.1 Å². The second-order valence-corrected chi connectivity index (χ2v) is 4.82. The molecule has 2 unspecified atom stereocenters. The maximum absolute atomic E-state index is 6.05.